The van der Waals surface area contributed by atoms with E-state index in [9.17, 15) is 14.9 Å². The number of ether oxygens (including phenoxy) is 1. The van der Waals surface area contributed by atoms with Gasteiger partial charge in [-0.1, -0.05) is 32.0 Å². The van der Waals surface area contributed by atoms with Crippen molar-refractivity contribution < 1.29 is 14.5 Å². The number of carbonyl (C=O) groups is 1. The van der Waals surface area contributed by atoms with Gasteiger partial charge in [-0.25, -0.2) is 0 Å². The molecule has 6 heteroatoms. The summed E-state index contributed by atoms with van der Waals surface area (Å²) in [5.74, 6) is 0.658. The Hall–Kier alpha value is -2.89. The highest BCUT2D eigenvalue weighted by Crippen LogP contribution is 2.25. The van der Waals surface area contributed by atoms with Gasteiger partial charge in [0.2, 0.25) is 0 Å². The zero-order chi connectivity index (χ0) is 18.6. The maximum absolute atomic E-state index is 12.3. The van der Waals surface area contributed by atoms with Crippen molar-refractivity contribution in [2.75, 3.05) is 5.32 Å². The first kappa shape index (κ1) is 18.4. The average Bonchev–Trinajstić information content (AvgIpc) is 2.56. The van der Waals surface area contributed by atoms with Gasteiger partial charge in [-0.05, 0) is 43.5 Å². The number of anilines is 1. The van der Waals surface area contributed by atoms with Crippen LogP contribution in [0.3, 0.4) is 0 Å². The number of nitro benzene ring substituents is 1. The van der Waals surface area contributed by atoms with Crippen molar-refractivity contribution in [3.8, 4) is 5.75 Å². The number of benzene rings is 2. The van der Waals surface area contributed by atoms with Gasteiger partial charge in [0.15, 0.2) is 6.10 Å². The fourth-order valence-electron chi connectivity index (χ4n) is 2.38. The Bertz CT molecular complexity index is 769. The van der Waals surface area contributed by atoms with E-state index in [4.69, 9.17) is 4.74 Å². The first-order chi connectivity index (χ1) is 11.8. The Morgan fingerprint density at radius 3 is 2.32 bits per heavy atom. The number of hydrogen-bond acceptors (Lipinski definition) is 4. The fourth-order valence-corrected chi connectivity index (χ4v) is 2.38. The van der Waals surface area contributed by atoms with Gasteiger partial charge in [-0.15, -0.1) is 0 Å². The highest BCUT2D eigenvalue weighted by Gasteiger charge is 2.19. The molecule has 1 atom stereocenters. The molecule has 0 aliphatic rings. The summed E-state index contributed by atoms with van der Waals surface area (Å²) in [5.41, 5.74) is 1.98. The highest BCUT2D eigenvalue weighted by atomic mass is 16.6. The summed E-state index contributed by atoms with van der Waals surface area (Å²) in [4.78, 5) is 22.8. The van der Waals surface area contributed by atoms with E-state index in [1.165, 1.54) is 17.7 Å². The molecule has 132 valence electrons. The van der Waals surface area contributed by atoms with E-state index in [0.717, 1.165) is 0 Å². The van der Waals surface area contributed by atoms with Crippen LogP contribution in [0.4, 0.5) is 11.4 Å². The van der Waals surface area contributed by atoms with E-state index in [1.54, 1.807) is 19.9 Å². The third kappa shape index (κ3) is 4.56. The van der Waals surface area contributed by atoms with E-state index in [-0.39, 0.29) is 11.6 Å². The second-order valence-corrected chi connectivity index (χ2v) is 6.18. The second kappa shape index (κ2) is 7.79. The number of nitrogens with one attached hydrogen (secondary N) is 1. The number of rotatable bonds is 6. The van der Waals surface area contributed by atoms with Crippen LogP contribution in [0.5, 0.6) is 5.75 Å². The van der Waals surface area contributed by atoms with Crippen molar-refractivity contribution >= 4 is 17.3 Å². The van der Waals surface area contributed by atoms with Crippen LogP contribution >= 0.6 is 0 Å². The number of hydrogen-bond donors (Lipinski definition) is 1. The lowest BCUT2D eigenvalue weighted by Crippen LogP contribution is -2.30. The molecule has 0 radical (unpaired) electrons. The molecule has 2 rings (SSSR count). The zero-order valence-electron chi connectivity index (χ0n) is 14.8. The van der Waals surface area contributed by atoms with Crippen LogP contribution in [-0.4, -0.2) is 16.9 Å². The lowest BCUT2D eigenvalue weighted by molar-refractivity contribution is -0.385. The minimum atomic E-state index is -0.733. The number of amides is 1. The Labute approximate surface area is 147 Å². The van der Waals surface area contributed by atoms with Gasteiger partial charge in [0.1, 0.15) is 5.75 Å². The van der Waals surface area contributed by atoms with Crippen LogP contribution < -0.4 is 10.1 Å². The summed E-state index contributed by atoms with van der Waals surface area (Å²) in [6.07, 6.45) is -0.733. The number of nitrogens with zero attached hydrogens (tertiary/aromatic N) is 1. The van der Waals surface area contributed by atoms with Gasteiger partial charge in [0.25, 0.3) is 11.6 Å². The van der Waals surface area contributed by atoms with Crippen molar-refractivity contribution in [3.63, 3.8) is 0 Å². The monoisotopic (exact) mass is 342 g/mol. The van der Waals surface area contributed by atoms with Crippen LogP contribution in [0, 0.1) is 17.0 Å². The quantitative estimate of drug-likeness (QED) is 0.622. The summed E-state index contributed by atoms with van der Waals surface area (Å²) >= 11 is 0. The molecule has 0 aliphatic heterocycles. The normalized spacial score (nSPS) is 11.9. The molecule has 0 heterocycles. The third-order valence-corrected chi connectivity index (χ3v) is 3.99. The summed E-state index contributed by atoms with van der Waals surface area (Å²) < 4.78 is 5.65. The molecule has 0 aromatic heterocycles. The molecule has 6 nitrogen and oxygen atoms in total. The average molecular weight is 342 g/mol. The first-order valence-electron chi connectivity index (χ1n) is 8.11. The van der Waals surface area contributed by atoms with Crippen molar-refractivity contribution in [1.82, 2.24) is 0 Å². The van der Waals surface area contributed by atoms with Crippen molar-refractivity contribution in [3.05, 3.63) is 63.7 Å². The van der Waals surface area contributed by atoms with E-state index >= 15 is 0 Å². The van der Waals surface area contributed by atoms with Crippen LogP contribution in [0.2, 0.25) is 0 Å². The standard InChI is InChI=1S/C19H22N2O4/c1-12(2)15-8-10-16(11-9-15)25-14(4)19(22)20-17-6-5-7-18(13(17)3)21(23)24/h5-12,14H,1-4H3,(H,20,22). The van der Waals surface area contributed by atoms with E-state index in [2.05, 4.69) is 19.2 Å². The predicted molar refractivity (Wildman–Crippen MR) is 97.1 cm³/mol. The Balaban J connectivity index is 2.05. The molecule has 25 heavy (non-hydrogen) atoms. The molecule has 0 saturated heterocycles. The maximum atomic E-state index is 12.3. The molecule has 2 aromatic carbocycles. The van der Waals surface area contributed by atoms with Crippen LogP contribution in [-0.2, 0) is 4.79 Å². The highest BCUT2D eigenvalue weighted by molar-refractivity contribution is 5.95. The van der Waals surface area contributed by atoms with E-state index in [0.29, 0.717) is 22.9 Å². The molecular formula is C19H22N2O4. The van der Waals surface area contributed by atoms with E-state index in [1.807, 2.05) is 24.3 Å². The molecule has 0 bridgehead atoms. The van der Waals surface area contributed by atoms with Gasteiger partial charge in [0, 0.05) is 6.07 Å². The number of carbonyl (C=O) groups excluding carboxylic acids is 1. The molecule has 1 amide bonds. The Kier molecular flexibility index (Phi) is 5.75. The SMILES string of the molecule is Cc1c(NC(=O)C(C)Oc2ccc(C(C)C)cc2)cccc1[N+](=O)[O-]. The minimum Gasteiger partial charge on any atom is -0.481 e. The molecule has 1 unspecified atom stereocenters. The van der Waals surface area contributed by atoms with E-state index < -0.39 is 11.0 Å². The topological polar surface area (TPSA) is 81.5 Å². The Morgan fingerprint density at radius 1 is 1.12 bits per heavy atom. The lowest BCUT2D eigenvalue weighted by atomic mass is 10.0. The van der Waals surface area contributed by atoms with Crippen molar-refractivity contribution in [2.24, 2.45) is 0 Å². The van der Waals surface area contributed by atoms with Gasteiger partial charge in [-0.3, -0.25) is 14.9 Å². The fraction of sp³-hybridized carbons (Fsp3) is 0.316. The molecule has 0 aliphatic carbocycles. The largest absolute Gasteiger partial charge is 0.481 e. The van der Waals surface area contributed by atoms with Gasteiger partial charge in [0.05, 0.1) is 16.2 Å². The molecule has 0 spiro atoms. The van der Waals surface area contributed by atoms with Crippen LogP contribution in [0.15, 0.2) is 42.5 Å². The molecule has 0 saturated carbocycles. The van der Waals surface area contributed by atoms with Gasteiger partial charge >= 0.3 is 0 Å². The van der Waals surface area contributed by atoms with Crippen molar-refractivity contribution in [2.45, 2.75) is 39.7 Å². The van der Waals surface area contributed by atoms with Gasteiger partial charge < -0.3 is 10.1 Å². The molecule has 1 N–H and O–H groups in total. The molecular weight excluding hydrogens is 320 g/mol. The summed E-state index contributed by atoms with van der Waals surface area (Å²) in [6.45, 7) is 7.45. The second-order valence-electron chi connectivity index (χ2n) is 6.18. The number of nitro groups is 1. The first-order valence-corrected chi connectivity index (χ1v) is 8.11. The Morgan fingerprint density at radius 2 is 1.76 bits per heavy atom. The van der Waals surface area contributed by atoms with Crippen LogP contribution in [0.1, 0.15) is 37.8 Å². The summed E-state index contributed by atoms with van der Waals surface area (Å²) in [6, 6.07) is 12.2. The predicted octanol–water partition coefficient (Wildman–Crippen LogP) is 4.43. The van der Waals surface area contributed by atoms with Crippen molar-refractivity contribution in [1.29, 1.82) is 0 Å². The van der Waals surface area contributed by atoms with Crippen LogP contribution in [0.25, 0.3) is 0 Å². The zero-order valence-corrected chi connectivity index (χ0v) is 14.8. The maximum Gasteiger partial charge on any atom is 0.274 e. The molecule has 2 aromatic rings. The summed E-state index contributed by atoms with van der Waals surface area (Å²) in [5, 5.41) is 13.7. The minimum absolute atomic E-state index is 0.0318. The lowest BCUT2D eigenvalue weighted by Gasteiger charge is -2.16. The van der Waals surface area contributed by atoms with Gasteiger partial charge in [-0.2, -0.15) is 0 Å². The third-order valence-electron chi connectivity index (χ3n) is 3.99. The summed E-state index contributed by atoms with van der Waals surface area (Å²) in [7, 11) is 0. The smallest absolute Gasteiger partial charge is 0.274 e. The molecule has 0 fully saturated rings.